The van der Waals surface area contributed by atoms with Crippen molar-refractivity contribution in [3.63, 3.8) is 0 Å². The van der Waals surface area contributed by atoms with E-state index in [1.807, 2.05) is 11.3 Å². The molecule has 0 spiro atoms. The third-order valence-electron chi connectivity index (χ3n) is 6.93. The molecule has 6 rings (SSSR count). The first-order valence-electron chi connectivity index (χ1n) is 13.9. The lowest BCUT2D eigenvalue weighted by Gasteiger charge is -2.25. The molecule has 0 aliphatic rings. The van der Waals surface area contributed by atoms with Gasteiger partial charge in [-0.2, -0.15) is 0 Å². The van der Waals surface area contributed by atoms with E-state index >= 15 is 0 Å². The molecule has 1 aromatic heterocycles. The molecule has 2 heteroatoms. The van der Waals surface area contributed by atoms with Gasteiger partial charge in [0.25, 0.3) is 0 Å². The lowest BCUT2D eigenvalue weighted by atomic mass is 10.1. The highest BCUT2D eigenvalue weighted by molar-refractivity contribution is 7.12. The molecule has 0 radical (unpaired) electrons. The van der Waals surface area contributed by atoms with Crippen LogP contribution in [0.2, 0.25) is 0 Å². The van der Waals surface area contributed by atoms with Gasteiger partial charge in [-0.25, -0.2) is 0 Å². The Labute approximate surface area is 247 Å². The maximum Gasteiger partial charge on any atom is 0.0462 e. The fourth-order valence-corrected chi connectivity index (χ4v) is 5.75. The summed E-state index contributed by atoms with van der Waals surface area (Å²) >= 11 is 1.85. The van der Waals surface area contributed by atoms with Crippen LogP contribution >= 0.6 is 11.3 Å². The van der Waals surface area contributed by atoms with Gasteiger partial charge in [-0.3, -0.25) is 0 Å². The van der Waals surface area contributed by atoms with Gasteiger partial charge in [0, 0.05) is 33.2 Å². The number of thiophene rings is 1. The van der Waals surface area contributed by atoms with Crippen molar-refractivity contribution in [1.82, 2.24) is 0 Å². The topological polar surface area (TPSA) is 3.24 Å². The van der Waals surface area contributed by atoms with E-state index in [1.54, 1.807) is 0 Å². The van der Waals surface area contributed by atoms with E-state index < -0.39 is 0 Å². The van der Waals surface area contributed by atoms with Crippen LogP contribution in [0, 0.1) is 0 Å². The molecule has 41 heavy (non-hydrogen) atoms. The molecule has 5 aromatic carbocycles. The van der Waals surface area contributed by atoms with Gasteiger partial charge < -0.3 is 4.90 Å². The van der Waals surface area contributed by atoms with Crippen LogP contribution in [-0.2, 0) is 6.42 Å². The Hall–Kier alpha value is -4.92. The number of rotatable bonds is 9. The Morgan fingerprint density at radius 2 is 0.854 bits per heavy atom. The van der Waals surface area contributed by atoms with E-state index in [1.165, 1.54) is 32.0 Å². The van der Waals surface area contributed by atoms with Crippen LogP contribution in [0.3, 0.4) is 0 Å². The lowest BCUT2D eigenvalue weighted by molar-refractivity contribution is 1.24. The molecule has 0 saturated heterocycles. The van der Waals surface area contributed by atoms with E-state index in [0.717, 1.165) is 23.5 Å². The minimum atomic E-state index is 0.988. The van der Waals surface area contributed by atoms with Crippen LogP contribution in [0.4, 0.5) is 17.1 Å². The molecule has 0 amide bonds. The van der Waals surface area contributed by atoms with Gasteiger partial charge in [0.2, 0.25) is 0 Å². The second-order valence-corrected chi connectivity index (χ2v) is 11.1. The highest BCUT2D eigenvalue weighted by atomic mass is 32.1. The van der Waals surface area contributed by atoms with E-state index in [-0.39, 0.29) is 0 Å². The number of hydrogen-bond donors (Lipinski definition) is 0. The molecular formula is C39H31NS. The van der Waals surface area contributed by atoms with Gasteiger partial charge >= 0.3 is 0 Å². The average molecular weight is 546 g/mol. The first-order chi connectivity index (χ1) is 20.3. The molecule has 0 N–H and O–H groups in total. The first kappa shape index (κ1) is 26.3. The van der Waals surface area contributed by atoms with Crippen molar-refractivity contribution in [2.45, 2.75) is 6.42 Å². The number of hydrogen-bond acceptors (Lipinski definition) is 2. The van der Waals surface area contributed by atoms with Crippen LogP contribution in [0.15, 0.2) is 152 Å². The molecule has 198 valence electrons. The monoisotopic (exact) mass is 545 g/mol. The standard InChI is InChI=1S/C39H31NS/c1-4-10-34(11-5-1)30-39-29-28-38(41-39)27-24-32-19-16-31(17-20-32)18-21-33-22-25-37(26-23-33)40(35-12-6-2-7-13-35)36-14-8-3-9-15-36/h1-29H,30H2. The molecule has 0 atom stereocenters. The van der Waals surface area contributed by atoms with Crippen molar-refractivity contribution in [3.8, 4) is 0 Å². The van der Waals surface area contributed by atoms with E-state index in [2.05, 4.69) is 181 Å². The predicted molar refractivity (Wildman–Crippen MR) is 179 cm³/mol. The number of para-hydroxylation sites is 2. The van der Waals surface area contributed by atoms with Crippen molar-refractivity contribution < 1.29 is 0 Å². The van der Waals surface area contributed by atoms with Crippen LogP contribution in [-0.4, -0.2) is 0 Å². The first-order valence-corrected chi connectivity index (χ1v) is 14.7. The Morgan fingerprint density at radius 1 is 0.415 bits per heavy atom. The Balaban J connectivity index is 1.10. The highest BCUT2D eigenvalue weighted by Crippen LogP contribution is 2.34. The Morgan fingerprint density at radius 3 is 1.39 bits per heavy atom. The molecule has 0 unspecified atom stereocenters. The van der Waals surface area contributed by atoms with Crippen LogP contribution < -0.4 is 4.90 Å². The molecule has 0 saturated carbocycles. The van der Waals surface area contributed by atoms with E-state index in [9.17, 15) is 0 Å². The van der Waals surface area contributed by atoms with Gasteiger partial charge in [0.05, 0.1) is 0 Å². The summed E-state index contributed by atoms with van der Waals surface area (Å²) in [6, 6.07) is 53.5. The third-order valence-corrected chi connectivity index (χ3v) is 7.98. The van der Waals surface area contributed by atoms with Gasteiger partial charge in [-0.15, -0.1) is 11.3 Å². The van der Waals surface area contributed by atoms with Crippen molar-refractivity contribution in [2.75, 3.05) is 4.90 Å². The minimum absolute atomic E-state index is 0.988. The second-order valence-electron chi connectivity index (χ2n) is 9.90. The second kappa shape index (κ2) is 13.0. The van der Waals surface area contributed by atoms with E-state index in [4.69, 9.17) is 0 Å². The fourth-order valence-electron chi connectivity index (χ4n) is 4.80. The molecule has 6 aromatic rings. The molecule has 0 aliphatic heterocycles. The highest BCUT2D eigenvalue weighted by Gasteiger charge is 2.11. The number of anilines is 3. The van der Waals surface area contributed by atoms with Gasteiger partial charge in [0.1, 0.15) is 0 Å². The maximum atomic E-state index is 2.28. The molecule has 1 heterocycles. The van der Waals surface area contributed by atoms with Crippen molar-refractivity contribution in [2.24, 2.45) is 0 Å². The summed E-state index contributed by atoms with van der Waals surface area (Å²) in [5.74, 6) is 0. The lowest BCUT2D eigenvalue weighted by Crippen LogP contribution is -2.09. The number of benzene rings is 5. The minimum Gasteiger partial charge on any atom is -0.311 e. The summed E-state index contributed by atoms with van der Waals surface area (Å²) < 4.78 is 0. The van der Waals surface area contributed by atoms with E-state index in [0.29, 0.717) is 0 Å². The zero-order valence-corrected chi connectivity index (χ0v) is 23.6. The molecule has 0 bridgehead atoms. The normalized spacial score (nSPS) is 11.3. The zero-order valence-electron chi connectivity index (χ0n) is 22.8. The van der Waals surface area contributed by atoms with Crippen molar-refractivity contribution in [1.29, 1.82) is 0 Å². The summed E-state index contributed by atoms with van der Waals surface area (Å²) in [5, 5.41) is 0. The summed E-state index contributed by atoms with van der Waals surface area (Å²) in [6.07, 6.45) is 9.73. The Kier molecular flexibility index (Phi) is 8.31. The largest absolute Gasteiger partial charge is 0.311 e. The van der Waals surface area contributed by atoms with Crippen LogP contribution in [0.5, 0.6) is 0 Å². The number of nitrogens with zero attached hydrogens (tertiary/aromatic N) is 1. The van der Waals surface area contributed by atoms with Crippen molar-refractivity contribution >= 4 is 52.7 Å². The summed E-state index contributed by atoms with van der Waals surface area (Å²) in [6.45, 7) is 0. The van der Waals surface area contributed by atoms with Crippen LogP contribution in [0.25, 0.3) is 24.3 Å². The maximum absolute atomic E-state index is 2.28. The van der Waals surface area contributed by atoms with Gasteiger partial charge in [-0.1, -0.05) is 121 Å². The average Bonchev–Trinajstić information content (AvgIpc) is 3.49. The predicted octanol–water partition coefficient (Wildman–Crippen LogP) is 11.1. The van der Waals surface area contributed by atoms with Crippen LogP contribution in [0.1, 0.15) is 32.0 Å². The molecule has 0 fully saturated rings. The zero-order chi connectivity index (χ0) is 27.7. The molecule has 1 nitrogen and oxygen atoms in total. The molecule has 0 aliphatic carbocycles. The summed E-state index contributed by atoms with van der Waals surface area (Å²) in [4.78, 5) is 4.94. The van der Waals surface area contributed by atoms with Gasteiger partial charge in [-0.05, 0) is 76.9 Å². The summed E-state index contributed by atoms with van der Waals surface area (Å²) in [5.41, 5.74) is 8.32. The third kappa shape index (κ3) is 7.00. The molecular weight excluding hydrogens is 515 g/mol. The van der Waals surface area contributed by atoms with Crippen molar-refractivity contribution in [3.05, 3.63) is 184 Å². The quantitative estimate of drug-likeness (QED) is 0.163. The fraction of sp³-hybridized carbons (Fsp3) is 0.0256. The van der Waals surface area contributed by atoms with Gasteiger partial charge in [0.15, 0.2) is 0 Å². The Bertz CT molecular complexity index is 1670. The smallest absolute Gasteiger partial charge is 0.0462 e. The summed E-state index contributed by atoms with van der Waals surface area (Å²) in [7, 11) is 0. The SMILES string of the molecule is C(=Cc1ccc(N(c2ccccc2)c2ccccc2)cc1)c1ccc(C=Cc2ccc(Cc3ccccc3)s2)cc1.